The van der Waals surface area contributed by atoms with Crippen molar-refractivity contribution in [1.82, 2.24) is 0 Å². The first-order chi connectivity index (χ1) is 11.6. The molecule has 1 N–H and O–H groups in total. The van der Waals surface area contributed by atoms with E-state index in [0.717, 1.165) is 5.56 Å². The molecule has 1 heterocycles. The summed E-state index contributed by atoms with van der Waals surface area (Å²) >= 11 is 0. The number of esters is 1. The van der Waals surface area contributed by atoms with E-state index in [1.807, 2.05) is 38.1 Å². The zero-order chi connectivity index (χ0) is 17.1. The van der Waals surface area contributed by atoms with Gasteiger partial charge in [0.2, 0.25) is 0 Å². The fraction of sp³-hybridized carbons (Fsp3) is 0.263. The minimum Gasteiger partial charge on any atom is -0.457 e. The fourth-order valence-corrected chi connectivity index (χ4v) is 2.68. The number of fused-ring (bicyclic) bond motifs is 2. The lowest BCUT2D eigenvalue weighted by molar-refractivity contribution is 0.0460. The van der Waals surface area contributed by atoms with Crippen molar-refractivity contribution < 1.29 is 19.5 Å². The highest BCUT2D eigenvalue weighted by Gasteiger charge is 2.25. The molecule has 3 rings (SSSR count). The molecule has 0 fully saturated rings. The molecular weight excluding hydrogens is 306 g/mol. The topological polar surface area (TPSA) is 68.1 Å². The summed E-state index contributed by atoms with van der Waals surface area (Å²) < 4.78 is 11.4. The second kappa shape index (κ2) is 6.74. The Morgan fingerprint density at radius 3 is 2.75 bits per heavy atom. The molecule has 0 bridgehead atoms. The normalized spacial score (nSPS) is 14.1. The molecule has 24 heavy (non-hydrogen) atoms. The number of nitrogens with zero attached hydrogens (tertiary/aromatic N) is 1. The van der Waals surface area contributed by atoms with Gasteiger partial charge in [-0.2, -0.15) is 0 Å². The van der Waals surface area contributed by atoms with E-state index >= 15 is 0 Å². The largest absolute Gasteiger partial charge is 0.457 e. The number of oxime groups is 1. The first-order valence-corrected chi connectivity index (χ1v) is 7.87. The van der Waals surface area contributed by atoms with Crippen LogP contribution in [0.1, 0.15) is 41.8 Å². The Kier molecular flexibility index (Phi) is 4.51. The van der Waals surface area contributed by atoms with E-state index in [2.05, 4.69) is 5.16 Å². The van der Waals surface area contributed by atoms with Crippen LogP contribution in [0.25, 0.3) is 0 Å². The number of cyclic esters (lactones) is 1. The van der Waals surface area contributed by atoms with E-state index in [4.69, 9.17) is 9.47 Å². The van der Waals surface area contributed by atoms with Gasteiger partial charge < -0.3 is 14.7 Å². The van der Waals surface area contributed by atoms with Crippen molar-refractivity contribution in [1.29, 1.82) is 0 Å². The Hall–Kier alpha value is -2.82. The van der Waals surface area contributed by atoms with Gasteiger partial charge in [-0.1, -0.05) is 43.3 Å². The number of hydrogen-bond donors (Lipinski definition) is 1. The highest BCUT2D eigenvalue weighted by Crippen LogP contribution is 2.35. The number of hydrogen-bond acceptors (Lipinski definition) is 5. The van der Waals surface area contributed by atoms with Gasteiger partial charge in [-0.25, -0.2) is 4.79 Å². The smallest absolute Gasteiger partial charge is 0.342 e. The van der Waals surface area contributed by atoms with Crippen molar-refractivity contribution in [2.75, 3.05) is 0 Å². The average Bonchev–Trinajstić information content (AvgIpc) is 2.57. The predicted molar refractivity (Wildman–Crippen MR) is 89.9 cm³/mol. The molecule has 0 atom stereocenters. The van der Waals surface area contributed by atoms with E-state index < -0.39 is 5.97 Å². The lowest BCUT2D eigenvalue weighted by Crippen LogP contribution is -2.15. The summed E-state index contributed by atoms with van der Waals surface area (Å²) in [4.78, 5) is 12.3. The van der Waals surface area contributed by atoms with Gasteiger partial charge >= 0.3 is 5.97 Å². The van der Waals surface area contributed by atoms with Crippen molar-refractivity contribution in [2.45, 2.75) is 26.9 Å². The average molecular weight is 325 g/mol. The Morgan fingerprint density at radius 2 is 2.00 bits per heavy atom. The van der Waals surface area contributed by atoms with Crippen molar-refractivity contribution in [3.05, 3.63) is 59.2 Å². The summed E-state index contributed by atoms with van der Waals surface area (Å²) in [5, 5.41) is 12.9. The number of carbonyl (C=O) groups excluding carboxylic acids is 1. The monoisotopic (exact) mass is 325 g/mol. The SMILES string of the molecule is CC(C)CC(=NO)c1cccc2c1Oc1ccccc1COC2=O. The molecule has 0 aliphatic carbocycles. The van der Waals surface area contributed by atoms with E-state index in [1.54, 1.807) is 18.2 Å². The molecular formula is C19H19NO4. The molecule has 0 spiro atoms. The Bertz CT molecular complexity index is 796. The molecule has 0 radical (unpaired) electrons. The molecule has 2 aromatic rings. The van der Waals surface area contributed by atoms with Gasteiger partial charge in [-0.05, 0) is 30.5 Å². The van der Waals surface area contributed by atoms with Gasteiger partial charge in [-0.3, -0.25) is 0 Å². The van der Waals surface area contributed by atoms with Crippen molar-refractivity contribution >= 4 is 11.7 Å². The maximum atomic E-state index is 12.3. The Labute approximate surface area is 140 Å². The predicted octanol–water partition coefficient (Wildman–Crippen LogP) is 4.37. The third-order valence-corrected chi connectivity index (χ3v) is 3.81. The fourth-order valence-electron chi connectivity index (χ4n) is 2.68. The van der Waals surface area contributed by atoms with Crippen LogP contribution < -0.4 is 4.74 Å². The lowest BCUT2D eigenvalue weighted by atomic mass is 9.97. The van der Waals surface area contributed by atoms with E-state index in [1.165, 1.54) is 0 Å². The van der Waals surface area contributed by atoms with Gasteiger partial charge in [0.05, 0.1) is 5.71 Å². The standard InChI is InChI=1S/C19H19NO4/c1-12(2)10-16(20-22)14-7-5-8-15-18(14)24-17-9-4-3-6-13(17)11-23-19(15)21/h3-9,12,22H,10-11H2,1-2H3. The molecule has 5 nitrogen and oxygen atoms in total. The van der Waals surface area contributed by atoms with Gasteiger partial charge in [-0.15, -0.1) is 0 Å². The molecule has 5 heteroatoms. The quantitative estimate of drug-likeness (QED) is 0.394. The number of benzene rings is 2. The van der Waals surface area contributed by atoms with E-state index in [0.29, 0.717) is 40.7 Å². The third-order valence-electron chi connectivity index (χ3n) is 3.81. The molecule has 0 saturated carbocycles. The summed E-state index contributed by atoms with van der Waals surface area (Å²) in [5.41, 5.74) is 2.19. The highest BCUT2D eigenvalue weighted by molar-refractivity contribution is 6.06. The summed E-state index contributed by atoms with van der Waals surface area (Å²) in [7, 11) is 0. The molecule has 0 aromatic heterocycles. The summed E-state index contributed by atoms with van der Waals surface area (Å²) in [6.45, 7) is 4.22. The molecule has 124 valence electrons. The van der Waals surface area contributed by atoms with Crippen LogP contribution in [0, 0.1) is 5.92 Å². The maximum absolute atomic E-state index is 12.3. The third kappa shape index (κ3) is 3.11. The molecule has 0 amide bonds. The minimum atomic E-state index is -0.455. The maximum Gasteiger partial charge on any atom is 0.342 e. The van der Waals surface area contributed by atoms with Crippen molar-refractivity contribution in [3.63, 3.8) is 0 Å². The van der Waals surface area contributed by atoms with Crippen LogP contribution in [0.4, 0.5) is 0 Å². The summed E-state index contributed by atoms with van der Waals surface area (Å²) in [6.07, 6.45) is 0.563. The van der Waals surface area contributed by atoms with Crippen LogP contribution in [0.2, 0.25) is 0 Å². The number of ether oxygens (including phenoxy) is 2. The number of carbonyl (C=O) groups is 1. The highest BCUT2D eigenvalue weighted by atomic mass is 16.5. The molecule has 2 aromatic carbocycles. The Balaban J connectivity index is 2.14. The van der Waals surface area contributed by atoms with Crippen LogP contribution in [-0.4, -0.2) is 16.9 Å². The van der Waals surface area contributed by atoms with Gasteiger partial charge in [0, 0.05) is 11.1 Å². The zero-order valence-electron chi connectivity index (χ0n) is 13.7. The van der Waals surface area contributed by atoms with Crippen LogP contribution in [0.3, 0.4) is 0 Å². The number of para-hydroxylation sites is 2. The van der Waals surface area contributed by atoms with Crippen molar-refractivity contribution in [2.24, 2.45) is 11.1 Å². The van der Waals surface area contributed by atoms with Crippen molar-refractivity contribution in [3.8, 4) is 11.5 Å². The Morgan fingerprint density at radius 1 is 1.21 bits per heavy atom. The van der Waals surface area contributed by atoms with Gasteiger partial charge in [0.15, 0.2) is 5.75 Å². The number of rotatable bonds is 3. The second-order valence-corrected chi connectivity index (χ2v) is 6.11. The second-order valence-electron chi connectivity index (χ2n) is 6.11. The molecule has 1 aliphatic rings. The van der Waals surface area contributed by atoms with Gasteiger partial charge in [0.25, 0.3) is 0 Å². The molecule has 0 unspecified atom stereocenters. The van der Waals surface area contributed by atoms with Crippen LogP contribution in [-0.2, 0) is 11.3 Å². The molecule has 1 aliphatic heterocycles. The summed E-state index contributed by atoms with van der Waals surface area (Å²) in [5.74, 6) is 0.825. The first-order valence-electron chi connectivity index (χ1n) is 7.87. The van der Waals surface area contributed by atoms with Gasteiger partial charge in [0.1, 0.15) is 17.9 Å². The lowest BCUT2D eigenvalue weighted by Gasteiger charge is -2.20. The summed E-state index contributed by atoms with van der Waals surface area (Å²) in [6, 6.07) is 12.6. The van der Waals surface area contributed by atoms with E-state index in [9.17, 15) is 10.0 Å². The van der Waals surface area contributed by atoms with Crippen LogP contribution in [0.5, 0.6) is 11.5 Å². The first kappa shape index (κ1) is 16.1. The van der Waals surface area contributed by atoms with Crippen LogP contribution >= 0.6 is 0 Å². The van der Waals surface area contributed by atoms with Crippen LogP contribution in [0.15, 0.2) is 47.6 Å². The van der Waals surface area contributed by atoms with E-state index in [-0.39, 0.29) is 6.61 Å². The zero-order valence-corrected chi connectivity index (χ0v) is 13.7. The minimum absolute atomic E-state index is 0.158. The molecule has 0 saturated heterocycles.